The Labute approximate surface area is 101 Å². The first-order valence-electron chi connectivity index (χ1n) is 5.50. The van der Waals surface area contributed by atoms with Crippen molar-refractivity contribution in [2.75, 3.05) is 0 Å². The Morgan fingerprint density at radius 2 is 2.24 bits per heavy atom. The van der Waals surface area contributed by atoms with Gasteiger partial charge in [-0.2, -0.15) is 5.10 Å². The highest BCUT2D eigenvalue weighted by molar-refractivity contribution is 5.81. The number of rotatable bonds is 5. The van der Waals surface area contributed by atoms with Gasteiger partial charge in [0.15, 0.2) is 0 Å². The fourth-order valence-corrected chi connectivity index (χ4v) is 1.15. The summed E-state index contributed by atoms with van der Waals surface area (Å²) in [6, 6.07) is 7.59. The number of nitrogens with two attached hydrogens (primary N) is 2. The second-order valence-electron chi connectivity index (χ2n) is 3.68. The third kappa shape index (κ3) is 5.01. The molecule has 0 saturated carbocycles. The van der Waals surface area contributed by atoms with Gasteiger partial charge in [0.25, 0.3) is 0 Å². The molecule has 1 atom stereocenters. The number of hydrogen-bond acceptors (Lipinski definition) is 3. The van der Waals surface area contributed by atoms with Gasteiger partial charge < -0.3 is 16.2 Å². The second kappa shape index (κ2) is 6.52. The Morgan fingerprint density at radius 3 is 2.88 bits per heavy atom. The van der Waals surface area contributed by atoms with Crippen molar-refractivity contribution in [1.29, 1.82) is 0 Å². The van der Waals surface area contributed by atoms with Crippen molar-refractivity contribution < 1.29 is 4.74 Å². The van der Waals surface area contributed by atoms with Crippen LogP contribution in [0.25, 0.3) is 0 Å². The first kappa shape index (κ1) is 13.0. The summed E-state index contributed by atoms with van der Waals surface area (Å²) < 4.78 is 5.68. The van der Waals surface area contributed by atoms with Gasteiger partial charge >= 0.3 is 0 Å². The molecule has 1 aromatic carbocycles. The minimum absolute atomic E-state index is 0.0618. The van der Waals surface area contributed by atoms with Crippen LogP contribution >= 0.6 is 0 Å². The van der Waals surface area contributed by atoms with E-state index in [9.17, 15) is 0 Å². The van der Waals surface area contributed by atoms with E-state index in [4.69, 9.17) is 16.2 Å². The zero-order chi connectivity index (χ0) is 12.7. The van der Waals surface area contributed by atoms with Crippen LogP contribution in [-0.2, 0) is 0 Å². The molecule has 0 amide bonds. The summed E-state index contributed by atoms with van der Waals surface area (Å²) in [7, 11) is 0. The van der Waals surface area contributed by atoms with Gasteiger partial charge in [-0.25, -0.2) is 0 Å². The summed E-state index contributed by atoms with van der Waals surface area (Å²) in [5.74, 6) is 0.751. The second-order valence-corrected chi connectivity index (χ2v) is 3.68. The minimum atomic E-state index is -0.0618. The first-order valence-corrected chi connectivity index (χ1v) is 5.50. The number of benzene rings is 1. The van der Waals surface area contributed by atoms with Crippen LogP contribution in [0.3, 0.4) is 0 Å². The van der Waals surface area contributed by atoms with Crippen LogP contribution in [0.15, 0.2) is 34.5 Å². The van der Waals surface area contributed by atoms with Crippen LogP contribution in [0.1, 0.15) is 25.8 Å². The summed E-state index contributed by atoms with van der Waals surface area (Å²) in [4.78, 5) is 0. The van der Waals surface area contributed by atoms with Gasteiger partial charge in [0.05, 0.1) is 12.3 Å². The van der Waals surface area contributed by atoms with Crippen LogP contribution in [0, 0.1) is 0 Å². The normalized spacial score (nSPS) is 12.4. The molecular weight excluding hydrogens is 216 g/mol. The van der Waals surface area contributed by atoms with E-state index in [0.717, 1.165) is 17.7 Å². The average Bonchev–Trinajstić information content (AvgIpc) is 2.29. The van der Waals surface area contributed by atoms with Gasteiger partial charge in [-0.1, -0.05) is 19.1 Å². The third-order valence-electron chi connectivity index (χ3n) is 2.15. The lowest BCUT2D eigenvalue weighted by atomic mass is 10.2. The van der Waals surface area contributed by atoms with E-state index in [1.807, 2.05) is 31.2 Å². The summed E-state index contributed by atoms with van der Waals surface area (Å²) in [6.45, 7) is 4.11. The van der Waals surface area contributed by atoms with E-state index in [0.29, 0.717) is 0 Å². The molecule has 5 nitrogen and oxygen atoms in total. The molecule has 0 bridgehead atoms. The van der Waals surface area contributed by atoms with E-state index in [1.54, 1.807) is 6.21 Å². The topological polar surface area (TPSA) is 86.0 Å². The van der Waals surface area contributed by atoms with Crippen molar-refractivity contribution in [3.63, 3.8) is 0 Å². The lowest BCUT2D eigenvalue weighted by molar-refractivity contribution is 0.217. The first-order chi connectivity index (χ1) is 8.11. The molecule has 0 aliphatic rings. The highest BCUT2D eigenvalue weighted by Crippen LogP contribution is 2.14. The fraction of sp³-hybridized carbons (Fsp3) is 0.333. The molecule has 5 heteroatoms. The predicted molar refractivity (Wildman–Crippen MR) is 70.2 cm³/mol. The van der Waals surface area contributed by atoms with Crippen molar-refractivity contribution >= 4 is 12.2 Å². The van der Waals surface area contributed by atoms with Crippen LogP contribution in [0.5, 0.6) is 5.75 Å². The molecule has 0 saturated heterocycles. The van der Waals surface area contributed by atoms with E-state index in [-0.39, 0.29) is 12.1 Å². The smallest absolute Gasteiger partial charge is 0.211 e. The molecule has 17 heavy (non-hydrogen) atoms. The van der Waals surface area contributed by atoms with Crippen LogP contribution < -0.4 is 16.2 Å². The molecule has 1 rings (SSSR count). The summed E-state index contributed by atoms with van der Waals surface area (Å²) in [6.07, 6.45) is 2.73. The summed E-state index contributed by atoms with van der Waals surface area (Å²) in [5.41, 5.74) is 11.2. The summed E-state index contributed by atoms with van der Waals surface area (Å²) in [5, 5.41) is 7.27. The Morgan fingerprint density at radius 1 is 1.47 bits per heavy atom. The molecular formula is C12H18N4O. The Balaban J connectivity index is 2.72. The maximum Gasteiger partial charge on any atom is 0.211 e. The van der Waals surface area contributed by atoms with E-state index < -0.39 is 0 Å². The van der Waals surface area contributed by atoms with Crippen LogP contribution in [0.4, 0.5) is 0 Å². The fourth-order valence-electron chi connectivity index (χ4n) is 1.15. The lowest BCUT2D eigenvalue weighted by Crippen LogP contribution is -2.21. The molecule has 0 radical (unpaired) electrons. The van der Waals surface area contributed by atoms with E-state index in [2.05, 4.69) is 17.1 Å². The molecule has 1 unspecified atom stereocenters. The van der Waals surface area contributed by atoms with Crippen molar-refractivity contribution in [2.45, 2.75) is 26.4 Å². The lowest BCUT2D eigenvalue weighted by Gasteiger charge is -2.12. The van der Waals surface area contributed by atoms with Crippen molar-refractivity contribution in [1.82, 2.24) is 0 Å². The molecule has 92 valence electrons. The van der Waals surface area contributed by atoms with E-state index in [1.165, 1.54) is 0 Å². The third-order valence-corrected chi connectivity index (χ3v) is 2.15. The summed E-state index contributed by atoms with van der Waals surface area (Å²) >= 11 is 0. The average molecular weight is 234 g/mol. The molecule has 0 aliphatic carbocycles. The number of ether oxygens (including phenoxy) is 1. The highest BCUT2D eigenvalue weighted by atomic mass is 16.5. The zero-order valence-electron chi connectivity index (χ0n) is 10.1. The molecule has 0 aliphatic heterocycles. The largest absolute Gasteiger partial charge is 0.491 e. The molecule has 0 spiro atoms. The van der Waals surface area contributed by atoms with Crippen molar-refractivity contribution in [2.24, 2.45) is 21.7 Å². The van der Waals surface area contributed by atoms with Gasteiger partial charge in [-0.05, 0) is 31.0 Å². The van der Waals surface area contributed by atoms with Gasteiger partial charge in [-0.3, -0.25) is 0 Å². The Hall–Kier alpha value is -2.04. The number of guanidine groups is 1. The van der Waals surface area contributed by atoms with Gasteiger partial charge in [0.2, 0.25) is 5.96 Å². The number of hydrogen-bond donors (Lipinski definition) is 2. The Bertz CT molecular complexity index is 411. The monoisotopic (exact) mass is 234 g/mol. The quantitative estimate of drug-likeness (QED) is 0.459. The molecule has 4 N–H and O–H groups in total. The van der Waals surface area contributed by atoms with Gasteiger partial charge in [-0.15, -0.1) is 5.10 Å². The standard InChI is InChI=1S/C12H18N4O/c1-3-9(2)17-11-6-4-5-10(7-11)8-15-16-12(13)14/h4-9H,3H2,1-2H3,(H4,13,14,16). The van der Waals surface area contributed by atoms with Crippen molar-refractivity contribution in [3.05, 3.63) is 29.8 Å². The van der Waals surface area contributed by atoms with Gasteiger partial charge in [0, 0.05) is 0 Å². The molecule has 0 aromatic heterocycles. The molecule has 0 heterocycles. The maximum absolute atomic E-state index is 5.68. The van der Waals surface area contributed by atoms with Crippen LogP contribution in [-0.4, -0.2) is 18.3 Å². The van der Waals surface area contributed by atoms with Gasteiger partial charge in [0.1, 0.15) is 5.75 Å². The highest BCUT2D eigenvalue weighted by Gasteiger charge is 2.00. The van der Waals surface area contributed by atoms with Crippen LogP contribution in [0.2, 0.25) is 0 Å². The molecule has 0 fully saturated rings. The van der Waals surface area contributed by atoms with Crippen molar-refractivity contribution in [3.8, 4) is 5.75 Å². The zero-order valence-corrected chi connectivity index (χ0v) is 10.1. The number of nitrogens with zero attached hydrogens (tertiary/aromatic N) is 2. The minimum Gasteiger partial charge on any atom is -0.491 e. The maximum atomic E-state index is 5.68. The molecule has 1 aromatic rings. The SMILES string of the molecule is CCC(C)Oc1cccc(C=NN=C(N)N)c1. The Kier molecular flexibility index (Phi) is 5.00. The van der Waals surface area contributed by atoms with E-state index >= 15 is 0 Å². The predicted octanol–water partition coefficient (Wildman–Crippen LogP) is 1.47.